The maximum absolute atomic E-state index is 13.2. The molecular weight excluding hydrogens is 406 g/mol. The molecule has 4 bridgehead atoms. The van der Waals surface area contributed by atoms with Crippen molar-refractivity contribution in [2.24, 2.45) is 29.1 Å². The van der Waals surface area contributed by atoms with Gasteiger partial charge in [-0.25, -0.2) is 0 Å². The summed E-state index contributed by atoms with van der Waals surface area (Å²) < 4.78 is 0. The van der Waals surface area contributed by atoms with Gasteiger partial charge in [0, 0.05) is 24.3 Å². The summed E-state index contributed by atoms with van der Waals surface area (Å²) in [5.74, 6) is 3.02. The monoisotopic (exact) mass is 439 g/mol. The summed E-state index contributed by atoms with van der Waals surface area (Å²) in [6.45, 7) is 3.87. The van der Waals surface area contributed by atoms with Crippen molar-refractivity contribution in [1.82, 2.24) is 10.2 Å². The number of hydrogen-bond acceptors (Lipinski definition) is 3. The molecule has 1 aromatic rings. The van der Waals surface area contributed by atoms with Crippen LogP contribution in [-0.4, -0.2) is 34.9 Å². The highest BCUT2D eigenvalue weighted by Crippen LogP contribution is 2.60. The van der Waals surface area contributed by atoms with Crippen molar-refractivity contribution < 1.29 is 9.59 Å². The van der Waals surface area contributed by atoms with Gasteiger partial charge in [-0.2, -0.15) is 0 Å². The number of thiocarbonyl (C=S) groups is 1. The number of amides is 2. The van der Waals surface area contributed by atoms with Crippen molar-refractivity contribution in [3.63, 3.8) is 0 Å². The Hall–Kier alpha value is -1.95. The van der Waals surface area contributed by atoms with Gasteiger partial charge < -0.3 is 15.5 Å². The van der Waals surface area contributed by atoms with Gasteiger partial charge in [0.2, 0.25) is 5.91 Å². The van der Waals surface area contributed by atoms with Crippen LogP contribution in [0.4, 0.5) is 5.69 Å². The molecule has 5 fully saturated rings. The Morgan fingerprint density at radius 2 is 1.65 bits per heavy atom. The Labute approximate surface area is 190 Å². The van der Waals surface area contributed by atoms with Crippen LogP contribution in [0.15, 0.2) is 24.3 Å². The Morgan fingerprint density at radius 1 is 1.03 bits per heavy atom. The number of hydrogen-bond donors (Lipinski definition) is 2. The van der Waals surface area contributed by atoms with Crippen molar-refractivity contribution in [2.75, 3.05) is 18.4 Å². The zero-order chi connectivity index (χ0) is 21.6. The molecule has 1 aliphatic heterocycles. The van der Waals surface area contributed by atoms with Crippen LogP contribution in [-0.2, 0) is 4.79 Å². The molecule has 0 atom stereocenters. The summed E-state index contributed by atoms with van der Waals surface area (Å²) in [6.07, 6.45) is 9.11. The number of nitrogens with one attached hydrogen (secondary N) is 2. The van der Waals surface area contributed by atoms with Gasteiger partial charge in [-0.15, -0.1) is 0 Å². The minimum atomic E-state index is -0.219. The summed E-state index contributed by atoms with van der Waals surface area (Å²) >= 11 is 5.48. The van der Waals surface area contributed by atoms with E-state index in [1.807, 2.05) is 29.2 Å². The topological polar surface area (TPSA) is 61.4 Å². The van der Waals surface area contributed by atoms with Crippen molar-refractivity contribution in [3.05, 3.63) is 29.8 Å². The molecule has 0 unspecified atom stereocenters. The van der Waals surface area contributed by atoms with E-state index in [1.165, 1.54) is 19.3 Å². The first-order chi connectivity index (χ1) is 14.9. The number of rotatable bonds is 3. The second-order valence-electron chi connectivity index (χ2n) is 10.7. The van der Waals surface area contributed by atoms with Gasteiger partial charge in [0.15, 0.2) is 5.11 Å². The largest absolute Gasteiger partial charge is 0.339 e. The standard InChI is InChI=1S/C25H33N3O2S/c1-16-5-7-28(8-6-16)22(29)20-3-2-4-21(12-20)26-24(31)27-23(30)25-13-17-9-18(14-25)11-19(10-17)15-25/h2-4,12,16-19H,5-11,13-15H2,1H3,(H2,26,27,30,31). The minimum absolute atomic E-state index is 0.0686. The fourth-order valence-corrected chi connectivity index (χ4v) is 7.12. The fraction of sp³-hybridized carbons (Fsp3) is 0.640. The summed E-state index contributed by atoms with van der Waals surface area (Å²) in [4.78, 5) is 28.0. The van der Waals surface area contributed by atoms with Crippen molar-refractivity contribution in [2.45, 2.75) is 58.3 Å². The molecular formula is C25H33N3O2S. The quantitative estimate of drug-likeness (QED) is 0.677. The number of carbonyl (C=O) groups excluding carboxylic acids is 2. The SMILES string of the molecule is CC1CCN(C(=O)c2cccc(NC(=S)NC(=O)C34CC5CC(CC(C5)C3)C4)c2)CC1. The Morgan fingerprint density at radius 3 is 2.26 bits per heavy atom. The van der Waals surface area contributed by atoms with E-state index in [9.17, 15) is 9.59 Å². The van der Waals surface area contributed by atoms with Crippen LogP contribution in [0, 0.1) is 29.1 Å². The molecule has 6 heteroatoms. The lowest BCUT2D eigenvalue weighted by atomic mass is 9.49. The van der Waals surface area contributed by atoms with E-state index in [0.717, 1.165) is 68.6 Å². The zero-order valence-electron chi connectivity index (χ0n) is 18.4. The number of likely N-dealkylation sites (tertiary alicyclic amines) is 1. The average Bonchev–Trinajstić information content (AvgIpc) is 2.73. The Balaban J connectivity index is 1.20. The van der Waals surface area contributed by atoms with Gasteiger partial charge in [0.1, 0.15) is 0 Å². The van der Waals surface area contributed by atoms with Crippen molar-refractivity contribution in [1.29, 1.82) is 0 Å². The number of benzene rings is 1. The third kappa shape index (κ3) is 4.23. The second kappa shape index (κ2) is 8.19. The Kier molecular flexibility index (Phi) is 5.53. The van der Waals surface area contributed by atoms with Gasteiger partial charge in [-0.1, -0.05) is 13.0 Å². The molecule has 31 heavy (non-hydrogen) atoms. The first-order valence-electron chi connectivity index (χ1n) is 11.9. The first kappa shape index (κ1) is 20.9. The number of nitrogens with zero attached hydrogens (tertiary/aromatic N) is 1. The molecule has 1 heterocycles. The molecule has 4 saturated carbocycles. The molecule has 1 aromatic carbocycles. The van der Waals surface area contributed by atoms with Gasteiger partial charge in [0.05, 0.1) is 5.41 Å². The van der Waals surface area contributed by atoms with Crippen LogP contribution in [0.2, 0.25) is 0 Å². The van der Waals surface area contributed by atoms with Crippen molar-refractivity contribution >= 4 is 34.8 Å². The number of piperidine rings is 1. The molecule has 6 rings (SSSR count). The molecule has 1 saturated heterocycles. The van der Waals surface area contributed by atoms with Crippen LogP contribution in [0.5, 0.6) is 0 Å². The van der Waals surface area contributed by atoms with E-state index in [4.69, 9.17) is 12.2 Å². The maximum atomic E-state index is 13.2. The molecule has 5 nitrogen and oxygen atoms in total. The van der Waals surface area contributed by atoms with Crippen LogP contribution in [0.3, 0.4) is 0 Å². The predicted octanol–water partition coefficient (Wildman–Crippen LogP) is 4.59. The predicted molar refractivity (Wildman–Crippen MR) is 126 cm³/mol. The molecule has 166 valence electrons. The van der Waals surface area contributed by atoms with Crippen molar-refractivity contribution in [3.8, 4) is 0 Å². The van der Waals surface area contributed by atoms with Gasteiger partial charge in [-0.05, 0) is 105 Å². The minimum Gasteiger partial charge on any atom is -0.339 e. The van der Waals surface area contributed by atoms with E-state index in [-0.39, 0.29) is 17.2 Å². The lowest BCUT2D eigenvalue weighted by Gasteiger charge is -2.55. The third-order valence-electron chi connectivity index (χ3n) is 8.19. The number of anilines is 1. The average molecular weight is 440 g/mol. The summed E-state index contributed by atoms with van der Waals surface area (Å²) in [6, 6.07) is 7.44. The van der Waals surface area contributed by atoms with E-state index in [0.29, 0.717) is 16.6 Å². The van der Waals surface area contributed by atoms with Crippen LogP contribution in [0.1, 0.15) is 68.6 Å². The maximum Gasteiger partial charge on any atom is 0.253 e. The summed E-state index contributed by atoms with van der Waals surface area (Å²) in [5, 5.41) is 6.46. The molecule has 5 aliphatic rings. The lowest BCUT2D eigenvalue weighted by molar-refractivity contribution is -0.144. The van der Waals surface area contributed by atoms with E-state index in [1.54, 1.807) is 0 Å². The first-order valence-corrected chi connectivity index (χ1v) is 12.3. The smallest absolute Gasteiger partial charge is 0.253 e. The second-order valence-corrected chi connectivity index (χ2v) is 11.1. The molecule has 2 N–H and O–H groups in total. The molecule has 2 amide bonds. The fourth-order valence-electron chi connectivity index (χ4n) is 6.91. The molecule has 4 aliphatic carbocycles. The van der Waals surface area contributed by atoms with Crippen LogP contribution in [0.25, 0.3) is 0 Å². The highest BCUT2D eigenvalue weighted by Gasteiger charge is 2.54. The summed E-state index contributed by atoms with van der Waals surface area (Å²) in [5.41, 5.74) is 1.19. The highest BCUT2D eigenvalue weighted by molar-refractivity contribution is 7.80. The molecule has 0 spiro atoms. The van der Waals surface area contributed by atoms with E-state index in [2.05, 4.69) is 17.6 Å². The Bertz CT molecular complexity index is 855. The van der Waals surface area contributed by atoms with Gasteiger partial charge >= 0.3 is 0 Å². The molecule has 0 aromatic heterocycles. The van der Waals surface area contributed by atoms with E-state index >= 15 is 0 Å². The highest BCUT2D eigenvalue weighted by atomic mass is 32.1. The molecule has 0 radical (unpaired) electrons. The van der Waals surface area contributed by atoms with E-state index < -0.39 is 0 Å². The third-order valence-corrected chi connectivity index (χ3v) is 8.39. The van der Waals surface area contributed by atoms with Gasteiger partial charge in [-0.3, -0.25) is 9.59 Å². The van der Waals surface area contributed by atoms with Crippen LogP contribution < -0.4 is 10.6 Å². The van der Waals surface area contributed by atoms with Gasteiger partial charge in [0.25, 0.3) is 5.91 Å². The summed E-state index contributed by atoms with van der Waals surface area (Å²) in [7, 11) is 0. The van der Waals surface area contributed by atoms with Crippen LogP contribution >= 0.6 is 12.2 Å². The lowest BCUT2D eigenvalue weighted by Crippen LogP contribution is -2.55. The zero-order valence-corrected chi connectivity index (χ0v) is 19.2. The number of carbonyl (C=O) groups is 2. The normalized spacial score (nSPS) is 32.0.